The summed E-state index contributed by atoms with van der Waals surface area (Å²) in [5.74, 6) is 0. The number of aliphatic hydroxyl groups is 1. The monoisotopic (exact) mass is 244 g/mol. The van der Waals surface area contributed by atoms with Crippen LogP contribution in [0, 0.1) is 0 Å². The summed E-state index contributed by atoms with van der Waals surface area (Å²) in [6.07, 6.45) is 4.15. The predicted molar refractivity (Wildman–Crippen MR) is 61.3 cm³/mol. The standard InChI is InChI=1S/C10H16N2O3S/c1-16(14,15)12-7-3-5-9-4-2-6-11-10(9)8-13/h2,4,6,12-13H,3,5,7-8H2,1H3. The van der Waals surface area contributed by atoms with E-state index in [0.29, 0.717) is 25.1 Å². The summed E-state index contributed by atoms with van der Waals surface area (Å²) < 4.78 is 24.0. The van der Waals surface area contributed by atoms with Crippen molar-refractivity contribution >= 4 is 10.0 Å². The topological polar surface area (TPSA) is 79.3 Å². The summed E-state index contributed by atoms with van der Waals surface area (Å²) in [5, 5.41) is 9.03. The van der Waals surface area contributed by atoms with Crippen LogP contribution >= 0.6 is 0 Å². The van der Waals surface area contributed by atoms with Crippen molar-refractivity contribution in [1.29, 1.82) is 0 Å². The minimum absolute atomic E-state index is 0.0876. The number of aliphatic hydroxyl groups excluding tert-OH is 1. The molecule has 1 aromatic heterocycles. The molecule has 0 aliphatic carbocycles. The molecule has 5 nitrogen and oxygen atoms in total. The number of nitrogens with zero attached hydrogens (tertiary/aromatic N) is 1. The molecule has 1 rings (SSSR count). The van der Waals surface area contributed by atoms with Crippen molar-refractivity contribution in [3.63, 3.8) is 0 Å². The van der Waals surface area contributed by atoms with Crippen LogP contribution in [0.3, 0.4) is 0 Å². The number of aromatic nitrogens is 1. The molecule has 16 heavy (non-hydrogen) atoms. The average molecular weight is 244 g/mol. The van der Waals surface area contributed by atoms with Crippen molar-refractivity contribution in [3.05, 3.63) is 29.6 Å². The van der Waals surface area contributed by atoms with Crippen molar-refractivity contribution in [3.8, 4) is 0 Å². The van der Waals surface area contributed by atoms with Crippen molar-refractivity contribution in [1.82, 2.24) is 9.71 Å². The van der Waals surface area contributed by atoms with E-state index in [1.165, 1.54) is 0 Å². The van der Waals surface area contributed by atoms with Crippen LogP contribution in [0.1, 0.15) is 17.7 Å². The SMILES string of the molecule is CS(=O)(=O)NCCCc1cccnc1CO. The molecular weight excluding hydrogens is 228 g/mol. The molecular formula is C10H16N2O3S. The van der Waals surface area contributed by atoms with Crippen LogP contribution in [-0.2, 0) is 23.1 Å². The molecule has 0 aliphatic rings. The maximum absolute atomic E-state index is 10.8. The zero-order valence-electron chi connectivity index (χ0n) is 9.18. The van der Waals surface area contributed by atoms with Crippen LogP contribution in [0.5, 0.6) is 0 Å². The molecule has 1 heterocycles. The Balaban J connectivity index is 2.43. The Morgan fingerprint density at radius 1 is 1.50 bits per heavy atom. The van der Waals surface area contributed by atoms with E-state index in [1.54, 1.807) is 12.3 Å². The third-order valence-electron chi connectivity index (χ3n) is 2.12. The first kappa shape index (κ1) is 13.1. The third kappa shape index (κ3) is 4.69. The summed E-state index contributed by atoms with van der Waals surface area (Å²) in [5.41, 5.74) is 1.61. The lowest BCUT2D eigenvalue weighted by atomic mass is 10.1. The van der Waals surface area contributed by atoms with Gasteiger partial charge < -0.3 is 5.11 Å². The van der Waals surface area contributed by atoms with Gasteiger partial charge in [-0.1, -0.05) is 6.07 Å². The molecule has 0 saturated carbocycles. The second-order valence-electron chi connectivity index (χ2n) is 3.54. The molecule has 0 aliphatic heterocycles. The molecule has 6 heteroatoms. The maximum Gasteiger partial charge on any atom is 0.208 e. The Hall–Kier alpha value is -0.980. The first-order valence-electron chi connectivity index (χ1n) is 5.01. The molecule has 0 aromatic carbocycles. The van der Waals surface area contributed by atoms with Crippen LogP contribution in [0.25, 0.3) is 0 Å². The van der Waals surface area contributed by atoms with E-state index >= 15 is 0 Å². The lowest BCUT2D eigenvalue weighted by Gasteiger charge is -2.06. The number of pyridine rings is 1. The lowest BCUT2D eigenvalue weighted by molar-refractivity contribution is 0.275. The number of hydrogen-bond acceptors (Lipinski definition) is 4. The number of rotatable bonds is 6. The molecule has 0 amide bonds. The Morgan fingerprint density at radius 2 is 2.25 bits per heavy atom. The van der Waals surface area contributed by atoms with Gasteiger partial charge in [0.2, 0.25) is 10.0 Å². The van der Waals surface area contributed by atoms with Crippen molar-refractivity contribution in [2.45, 2.75) is 19.4 Å². The van der Waals surface area contributed by atoms with E-state index in [0.717, 1.165) is 11.8 Å². The van der Waals surface area contributed by atoms with Gasteiger partial charge in [-0.2, -0.15) is 0 Å². The van der Waals surface area contributed by atoms with Crippen LogP contribution in [0.2, 0.25) is 0 Å². The van der Waals surface area contributed by atoms with E-state index in [9.17, 15) is 8.42 Å². The highest BCUT2D eigenvalue weighted by molar-refractivity contribution is 7.88. The fraction of sp³-hybridized carbons (Fsp3) is 0.500. The van der Waals surface area contributed by atoms with E-state index in [2.05, 4.69) is 9.71 Å². The quantitative estimate of drug-likeness (QED) is 0.693. The molecule has 90 valence electrons. The van der Waals surface area contributed by atoms with Gasteiger partial charge in [0.25, 0.3) is 0 Å². The van der Waals surface area contributed by atoms with Crippen molar-refractivity contribution in [2.24, 2.45) is 0 Å². The van der Waals surface area contributed by atoms with E-state index < -0.39 is 10.0 Å². The van der Waals surface area contributed by atoms with Crippen LogP contribution in [0.4, 0.5) is 0 Å². The molecule has 0 fully saturated rings. The van der Waals surface area contributed by atoms with Gasteiger partial charge in [0.05, 0.1) is 18.6 Å². The van der Waals surface area contributed by atoms with Crippen molar-refractivity contribution in [2.75, 3.05) is 12.8 Å². The highest BCUT2D eigenvalue weighted by Crippen LogP contribution is 2.07. The summed E-state index contributed by atoms with van der Waals surface area (Å²) in [6, 6.07) is 3.69. The Labute approximate surface area is 95.6 Å². The Bertz CT molecular complexity index is 431. The van der Waals surface area contributed by atoms with Gasteiger partial charge in [-0.3, -0.25) is 4.98 Å². The molecule has 1 aromatic rings. The zero-order valence-corrected chi connectivity index (χ0v) is 10.00. The summed E-state index contributed by atoms with van der Waals surface area (Å²) in [7, 11) is -3.11. The second-order valence-corrected chi connectivity index (χ2v) is 5.37. The van der Waals surface area contributed by atoms with Gasteiger partial charge in [0.1, 0.15) is 0 Å². The molecule has 0 radical (unpaired) electrons. The van der Waals surface area contributed by atoms with Gasteiger partial charge >= 0.3 is 0 Å². The molecule has 0 unspecified atom stereocenters. The second kappa shape index (κ2) is 5.93. The van der Waals surface area contributed by atoms with Crippen molar-refractivity contribution < 1.29 is 13.5 Å². The smallest absolute Gasteiger partial charge is 0.208 e. The molecule has 0 saturated heterocycles. The number of sulfonamides is 1. The minimum Gasteiger partial charge on any atom is -0.390 e. The summed E-state index contributed by atoms with van der Waals surface area (Å²) >= 11 is 0. The highest BCUT2D eigenvalue weighted by Gasteiger charge is 2.03. The van der Waals surface area contributed by atoms with Crippen LogP contribution in [0.15, 0.2) is 18.3 Å². The normalized spacial score (nSPS) is 11.6. The van der Waals surface area contributed by atoms with Crippen LogP contribution < -0.4 is 4.72 Å². The predicted octanol–water partition coefficient (Wildman–Crippen LogP) is 0.0557. The molecule has 0 atom stereocenters. The zero-order chi connectivity index (χ0) is 12.0. The summed E-state index contributed by atoms with van der Waals surface area (Å²) in [4.78, 5) is 4.04. The van der Waals surface area contributed by atoms with E-state index in [1.807, 2.05) is 6.07 Å². The Morgan fingerprint density at radius 3 is 2.88 bits per heavy atom. The average Bonchev–Trinajstić information content (AvgIpc) is 2.23. The van der Waals surface area contributed by atoms with Gasteiger partial charge in [0.15, 0.2) is 0 Å². The van der Waals surface area contributed by atoms with Gasteiger partial charge in [0, 0.05) is 12.7 Å². The summed E-state index contributed by atoms with van der Waals surface area (Å²) in [6.45, 7) is 0.314. The van der Waals surface area contributed by atoms with E-state index in [4.69, 9.17) is 5.11 Å². The fourth-order valence-electron chi connectivity index (χ4n) is 1.38. The third-order valence-corrected chi connectivity index (χ3v) is 2.85. The van der Waals surface area contributed by atoms with Gasteiger partial charge in [-0.05, 0) is 24.5 Å². The molecule has 0 bridgehead atoms. The largest absolute Gasteiger partial charge is 0.390 e. The van der Waals surface area contributed by atoms with Gasteiger partial charge in [-0.15, -0.1) is 0 Å². The number of nitrogens with one attached hydrogen (secondary N) is 1. The van der Waals surface area contributed by atoms with Gasteiger partial charge in [-0.25, -0.2) is 13.1 Å². The molecule has 0 spiro atoms. The number of hydrogen-bond donors (Lipinski definition) is 2. The fourth-order valence-corrected chi connectivity index (χ4v) is 1.89. The van der Waals surface area contributed by atoms with Crippen LogP contribution in [-0.4, -0.2) is 31.3 Å². The minimum atomic E-state index is -3.11. The number of aryl methyl sites for hydroxylation is 1. The Kier molecular flexibility index (Phi) is 4.85. The highest BCUT2D eigenvalue weighted by atomic mass is 32.2. The first-order chi connectivity index (χ1) is 7.53. The maximum atomic E-state index is 10.8. The first-order valence-corrected chi connectivity index (χ1v) is 6.90. The van der Waals surface area contributed by atoms with E-state index in [-0.39, 0.29) is 6.61 Å². The lowest BCUT2D eigenvalue weighted by Crippen LogP contribution is -2.23. The molecule has 2 N–H and O–H groups in total.